The van der Waals surface area contributed by atoms with Gasteiger partial charge in [-0.1, -0.05) is 6.42 Å². The molecule has 3 aliphatic rings. The van der Waals surface area contributed by atoms with Gasteiger partial charge in [0.15, 0.2) is 0 Å². The fraction of sp³-hybridized carbons (Fsp3) is 0.481. The van der Waals surface area contributed by atoms with Crippen LogP contribution in [0.3, 0.4) is 0 Å². The van der Waals surface area contributed by atoms with E-state index >= 15 is 0 Å². The Kier molecular flexibility index (Phi) is 6.87. The third kappa shape index (κ3) is 5.44. The number of carboxylic acids is 1. The number of carboxylic acid groups (broad SMARTS) is 1. The molecule has 0 aromatic heterocycles. The molecule has 0 unspecified atom stereocenters. The van der Waals surface area contributed by atoms with Crippen molar-refractivity contribution in [3.8, 4) is 5.75 Å². The zero-order valence-corrected chi connectivity index (χ0v) is 20.1. The van der Waals surface area contributed by atoms with Crippen LogP contribution in [-0.4, -0.2) is 46.9 Å². The number of nitrogens with zero attached hydrogens (tertiary/aromatic N) is 2. The smallest absolute Gasteiger partial charge is 0.481 e. The topological polar surface area (TPSA) is 70.1 Å². The van der Waals surface area contributed by atoms with Crippen LogP contribution in [0.4, 0.5) is 23.2 Å². The molecule has 2 aliphatic carbocycles. The zero-order valence-electron chi connectivity index (χ0n) is 20.1. The lowest BCUT2D eigenvalue weighted by atomic mass is 9.81. The minimum atomic E-state index is -4.83. The Morgan fingerprint density at radius 3 is 2.43 bits per heavy atom. The molecule has 2 fully saturated rings. The number of halogens is 4. The summed E-state index contributed by atoms with van der Waals surface area (Å²) in [7, 11) is 0. The number of anilines is 1. The van der Waals surface area contributed by atoms with Crippen molar-refractivity contribution in [2.45, 2.75) is 69.4 Å². The van der Waals surface area contributed by atoms with Crippen LogP contribution in [0.1, 0.15) is 66.9 Å². The predicted molar refractivity (Wildman–Crippen MR) is 127 cm³/mol. The first kappa shape index (κ1) is 25.5. The molecule has 2 aromatic carbocycles. The van der Waals surface area contributed by atoms with Crippen molar-refractivity contribution in [1.29, 1.82) is 0 Å². The fourth-order valence-electron chi connectivity index (χ4n) is 6.04. The highest BCUT2D eigenvalue weighted by Crippen LogP contribution is 2.53. The molecule has 1 amide bonds. The lowest BCUT2D eigenvalue weighted by Gasteiger charge is -2.48. The number of carbonyl (C=O) groups excluding carboxylic acids is 1. The van der Waals surface area contributed by atoms with Gasteiger partial charge in [0.2, 0.25) is 0 Å². The third-order valence-electron chi connectivity index (χ3n) is 7.57. The van der Waals surface area contributed by atoms with Gasteiger partial charge >= 0.3 is 12.3 Å². The second-order valence-corrected chi connectivity index (χ2v) is 10.0. The van der Waals surface area contributed by atoms with Crippen molar-refractivity contribution in [2.75, 3.05) is 11.4 Å². The van der Waals surface area contributed by atoms with Crippen LogP contribution in [0.15, 0.2) is 42.5 Å². The molecule has 1 aliphatic heterocycles. The molecule has 1 N–H and O–H groups in total. The summed E-state index contributed by atoms with van der Waals surface area (Å²) in [5.74, 6) is -2.00. The molecule has 3 atom stereocenters. The lowest BCUT2D eigenvalue weighted by Crippen LogP contribution is -2.52. The van der Waals surface area contributed by atoms with E-state index in [0.717, 1.165) is 44.2 Å². The number of carbonyl (C=O) groups is 2. The predicted octanol–water partition coefficient (Wildman–Crippen LogP) is 5.92. The number of ether oxygens (including phenoxy) is 1. The molecule has 1 heterocycles. The monoisotopic (exact) mass is 520 g/mol. The highest BCUT2D eigenvalue weighted by Gasteiger charge is 2.50. The van der Waals surface area contributed by atoms with Gasteiger partial charge in [-0.05, 0) is 92.6 Å². The fourth-order valence-corrected chi connectivity index (χ4v) is 6.04. The Hall–Kier alpha value is -3.14. The molecule has 0 bridgehead atoms. The van der Waals surface area contributed by atoms with Crippen molar-refractivity contribution >= 4 is 17.6 Å². The summed E-state index contributed by atoms with van der Waals surface area (Å²) in [4.78, 5) is 28.9. The second-order valence-electron chi connectivity index (χ2n) is 10.0. The molecule has 6 nitrogen and oxygen atoms in total. The van der Waals surface area contributed by atoms with Crippen LogP contribution < -0.4 is 9.64 Å². The van der Waals surface area contributed by atoms with E-state index in [-0.39, 0.29) is 35.9 Å². The first-order valence-corrected chi connectivity index (χ1v) is 12.6. The molecule has 37 heavy (non-hydrogen) atoms. The minimum Gasteiger partial charge on any atom is -0.481 e. The number of rotatable bonds is 8. The normalized spacial score (nSPS) is 23.1. The Bertz CT molecular complexity index is 1170. The van der Waals surface area contributed by atoms with E-state index in [4.69, 9.17) is 5.11 Å². The molecule has 2 aromatic rings. The van der Waals surface area contributed by atoms with Crippen molar-refractivity contribution in [3.05, 3.63) is 59.4 Å². The Morgan fingerprint density at radius 2 is 1.78 bits per heavy atom. The molecular formula is C27H28F4N2O4. The number of aliphatic carboxylic acids is 1. The maximum absolute atomic E-state index is 14.6. The van der Waals surface area contributed by atoms with E-state index in [1.165, 1.54) is 24.3 Å². The number of amides is 1. The van der Waals surface area contributed by atoms with Crippen molar-refractivity contribution < 1.29 is 37.0 Å². The second kappa shape index (κ2) is 9.96. The van der Waals surface area contributed by atoms with Gasteiger partial charge in [-0.15, -0.1) is 13.2 Å². The van der Waals surface area contributed by atoms with E-state index in [1.807, 2.05) is 0 Å². The van der Waals surface area contributed by atoms with Gasteiger partial charge in [0, 0.05) is 35.8 Å². The zero-order chi connectivity index (χ0) is 26.3. The van der Waals surface area contributed by atoms with Gasteiger partial charge < -0.3 is 14.7 Å². The Labute approximate surface area is 211 Å². The largest absolute Gasteiger partial charge is 0.573 e. The SMILES string of the molecule is O=C(O)CCCN(C1CC1)[C@H]1c2cc(F)ccc2N(C(=O)c2ccc(OC(F)(F)F)cc2)[C@H]2CCC[C@@H]21. The van der Waals surface area contributed by atoms with E-state index in [2.05, 4.69) is 9.64 Å². The molecule has 0 spiro atoms. The summed E-state index contributed by atoms with van der Waals surface area (Å²) in [5, 5.41) is 9.14. The summed E-state index contributed by atoms with van der Waals surface area (Å²) in [6.45, 7) is 0.579. The van der Waals surface area contributed by atoms with Crippen LogP contribution >= 0.6 is 0 Å². The third-order valence-corrected chi connectivity index (χ3v) is 7.57. The van der Waals surface area contributed by atoms with Gasteiger partial charge in [0.25, 0.3) is 5.91 Å². The molecular weight excluding hydrogens is 492 g/mol. The van der Waals surface area contributed by atoms with E-state index in [9.17, 15) is 27.2 Å². The highest BCUT2D eigenvalue weighted by atomic mass is 19.4. The van der Waals surface area contributed by atoms with Crippen LogP contribution in [0.5, 0.6) is 5.75 Å². The Morgan fingerprint density at radius 1 is 1.05 bits per heavy atom. The summed E-state index contributed by atoms with van der Waals surface area (Å²) >= 11 is 0. The maximum Gasteiger partial charge on any atom is 0.573 e. The minimum absolute atomic E-state index is 0.0384. The van der Waals surface area contributed by atoms with Crippen molar-refractivity contribution in [3.63, 3.8) is 0 Å². The van der Waals surface area contributed by atoms with E-state index in [0.29, 0.717) is 30.3 Å². The van der Waals surface area contributed by atoms with Gasteiger partial charge in [0.05, 0.1) is 0 Å². The van der Waals surface area contributed by atoms with E-state index in [1.54, 1.807) is 11.0 Å². The number of hydrogen-bond donors (Lipinski definition) is 1. The molecule has 0 saturated heterocycles. The molecule has 2 saturated carbocycles. The number of benzene rings is 2. The van der Waals surface area contributed by atoms with Crippen LogP contribution in [0.2, 0.25) is 0 Å². The number of fused-ring (bicyclic) bond motifs is 2. The lowest BCUT2D eigenvalue weighted by molar-refractivity contribution is -0.274. The number of hydrogen-bond acceptors (Lipinski definition) is 4. The average molecular weight is 521 g/mol. The summed E-state index contributed by atoms with van der Waals surface area (Å²) in [6.07, 6.45) is 0.199. The molecule has 10 heteroatoms. The standard InChI is InChI=1S/C27H28F4N2O4/c28-17-8-13-23-21(15-17)25(32(18-9-10-18)14-2-5-24(34)35)20-3-1-4-22(20)33(23)26(36)16-6-11-19(12-7-16)37-27(29,30)31/h6-8,11-13,15,18,20,22,25H,1-5,9-10,14H2,(H,34,35)/t20-,22-,25+/m0/s1. The van der Waals surface area contributed by atoms with Gasteiger partial charge in [0.1, 0.15) is 11.6 Å². The first-order valence-electron chi connectivity index (χ1n) is 12.6. The maximum atomic E-state index is 14.6. The van der Waals surface area contributed by atoms with Gasteiger partial charge in [-0.3, -0.25) is 14.5 Å². The summed E-state index contributed by atoms with van der Waals surface area (Å²) < 4.78 is 56.2. The van der Waals surface area contributed by atoms with Gasteiger partial charge in [-0.25, -0.2) is 4.39 Å². The number of alkyl halides is 3. The quantitative estimate of drug-likeness (QED) is 0.438. The molecule has 0 radical (unpaired) electrons. The average Bonchev–Trinajstić information content (AvgIpc) is 3.56. The van der Waals surface area contributed by atoms with Crippen LogP contribution in [0, 0.1) is 11.7 Å². The van der Waals surface area contributed by atoms with Crippen molar-refractivity contribution in [1.82, 2.24) is 4.90 Å². The van der Waals surface area contributed by atoms with Gasteiger partial charge in [-0.2, -0.15) is 0 Å². The van der Waals surface area contributed by atoms with Crippen LogP contribution in [0.25, 0.3) is 0 Å². The van der Waals surface area contributed by atoms with Crippen LogP contribution in [-0.2, 0) is 4.79 Å². The molecule has 198 valence electrons. The first-order chi connectivity index (χ1) is 17.6. The summed E-state index contributed by atoms with van der Waals surface area (Å²) in [5.41, 5.74) is 1.52. The van der Waals surface area contributed by atoms with E-state index < -0.39 is 23.9 Å². The molecule has 5 rings (SSSR count). The summed E-state index contributed by atoms with van der Waals surface area (Å²) in [6, 6.07) is 9.27. The Balaban J connectivity index is 1.49. The van der Waals surface area contributed by atoms with Crippen molar-refractivity contribution in [2.24, 2.45) is 5.92 Å². The highest BCUT2D eigenvalue weighted by molar-refractivity contribution is 6.07.